The number of nitrogens with zero attached hydrogens (tertiary/aromatic N) is 2. The van der Waals surface area contributed by atoms with Crippen LogP contribution < -0.4 is 5.32 Å². The Labute approximate surface area is 145 Å². The van der Waals surface area contributed by atoms with Crippen LogP contribution in [-0.2, 0) is 14.3 Å². The van der Waals surface area contributed by atoms with Gasteiger partial charge in [-0.05, 0) is 12.1 Å². The molecule has 0 fully saturated rings. The van der Waals surface area contributed by atoms with Gasteiger partial charge in [0.1, 0.15) is 5.82 Å². The topological polar surface area (TPSA) is 73.2 Å². The van der Waals surface area contributed by atoms with E-state index in [2.05, 4.69) is 10.4 Å². The maximum Gasteiger partial charge on any atom is 0.303 e. The van der Waals surface area contributed by atoms with Crippen LogP contribution in [0.1, 0.15) is 6.92 Å². The molecule has 3 rings (SSSR count). The van der Waals surface area contributed by atoms with Crippen LogP contribution in [0.25, 0.3) is 16.9 Å². The number of para-hydroxylation sites is 1. The summed E-state index contributed by atoms with van der Waals surface area (Å²) in [5, 5.41) is 7.33. The molecule has 1 heterocycles. The van der Waals surface area contributed by atoms with Crippen LogP contribution >= 0.6 is 0 Å². The summed E-state index contributed by atoms with van der Waals surface area (Å²) in [6.45, 7) is 0.922. The summed E-state index contributed by atoms with van der Waals surface area (Å²) in [5.74, 6) is -0.425. The Balaban J connectivity index is 1.93. The van der Waals surface area contributed by atoms with Crippen molar-refractivity contribution in [2.45, 2.75) is 6.92 Å². The fourth-order valence-corrected chi connectivity index (χ4v) is 2.33. The smallest absolute Gasteiger partial charge is 0.303 e. The van der Waals surface area contributed by atoms with E-state index in [9.17, 15) is 9.59 Å². The Hall–Kier alpha value is -3.41. The van der Waals surface area contributed by atoms with Crippen molar-refractivity contribution in [2.75, 3.05) is 11.9 Å². The summed E-state index contributed by atoms with van der Waals surface area (Å²) in [6.07, 6.45) is 0. The van der Waals surface area contributed by atoms with Gasteiger partial charge in [0.05, 0.1) is 11.4 Å². The number of aromatic nitrogens is 2. The molecule has 0 aliphatic carbocycles. The number of esters is 1. The van der Waals surface area contributed by atoms with Gasteiger partial charge in [-0.25, -0.2) is 4.68 Å². The van der Waals surface area contributed by atoms with Crippen molar-refractivity contribution in [1.82, 2.24) is 9.78 Å². The maximum absolute atomic E-state index is 12.0. The highest BCUT2D eigenvalue weighted by molar-refractivity contribution is 5.92. The van der Waals surface area contributed by atoms with Gasteiger partial charge in [-0.15, -0.1) is 0 Å². The fourth-order valence-electron chi connectivity index (χ4n) is 2.33. The van der Waals surface area contributed by atoms with Gasteiger partial charge in [0.25, 0.3) is 5.91 Å². The lowest BCUT2D eigenvalue weighted by molar-refractivity contribution is -0.144. The van der Waals surface area contributed by atoms with Crippen LogP contribution in [0.5, 0.6) is 0 Å². The second kappa shape index (κ2) is 7.44. The van der Waals surface area contributed by atoms with Gasteiger partial charge >= 0.3 is 5.97 Å². The third kappa shape index (κ3) is 4.11. The summed E-state index contributed by atoms with van der Waals surface area (Å²) < 4.78 is 6.38. The van der Waals surface area contributed by atoms with Crippen LogP contribution in [0.2, 0.25) is 0 Å². The number of ether oxygens (including phenoxy) is 1. The lowest BCUT2D eigenvalue weighted by Gasteiger charge is -2.08. The highest BCUT2D eigenvalue weighted by Gasteiger charge is 2.14. The van der Waals surface area contributed by atoms with Crippen LogP contribution in [0.3, 0.4) is 0 Å². The zero-order valence-electron chi connectivity index (χ0n) is 13.7. The van der Waals surface area contributed by atoms with E-state index in [4.69, 9.17) is 4.74 Å². The minimum Gasteiger partial charge on any atom is -0.456 e. The molecule has 0 aliphatic rings. The first kappa shape index (κ1) is 16.4. The molecule has 2 aromatic carbocycles. The Morgan fingerprint density at radius 2 is 1.68 bits per heavy atom. The SMILES string of the molecule is CC(=O)OCC(=O)Nc1cc(-c2ccccc2)nn1-c1ccccc1. The Bertz CT molecular complexity index is 873. The molecule has 6 heteroatoms. The van der Waals surface area contributed by atoms with Gasteiger partial charge in [0, 0.05) is 18.6 Å². The van der Waals surface area contributed by atoms with Crippen molar-refractivity contribution in [3.63, 3.8) is 0 Å². The lowest BCUT2D eigenvalue weighted by atomic mass is 10.2. The molecular weight excluding hydrogens is 318 g/mol. The minimum absolute atomic E-state index is 0.337. The molecule has 0 spiro atoms. The molecule has 6 nitrogen and oxygen atoms in total. The molecule has 25 heavy (non-hydrogen) atoms. The third-order valence-electron chi connectivity index (χ3n) is 3.45. The zero-order valence-corrected chi connectivity index (χ0v) is 13.7. The second-order valence-electron chi connectivity index (χ2n) is 5.36. The monoisotopic (exact) mass is 335 g/mol. The molecule has 0 aliphatic heterocycles. The highest BCUT2D eigenvalue weighted by Crippen LogP contribution is 2.24. The third-order valence-corrected chi connectivity index (χ3v) is 3.45. The molecule has 0 saturated carbocycles. The molecule has 0 unspecified atom stereocenters. The first-order valence-corrected chi connectivity index (χ1v) is 7.77. The number of benzene rings is 2. The van der Waals surface area contributed by atoms with E-state index in [1.807, 2.05) is 60.7 Å². The summed E-state index contributed by atoms with van der Waals surface area (Å²) in [6, 6.07) is 20.9. The Morgan fingerprint density at radius 3 is 2.32 bits per heavy atom. The maximum atomic E-state index is 12.0. The van der Waals surface area contributed by atoms with Crippen LogP contribution in [0.4, 0.5) is 5.82 Å². The van der Waals surface area contributed by atoms with Crippen molar-refractivity contribution in [1.29, 1.82) is 0 Å². The first-order valence-electron chi connectivity index (χ1n) is 7.77. The van der Waals surface area contributed by atoms with Crippen LogP contribution in [0, 0.1) is 0 Å². The van der Waals surface area contributed by atoms with Gasteiger partial charge in [-0.3, -0.25) is 9.59 Å². The van der Waals surface area contributed by atoms with Crippen LogP contribution in [0.15, 0.2) is 66.7 Å². The van der Waals surface area contributed by atoms with E-state index in [0.29, 0.717) is 5.82 Å². The van der Waals surface area contributed by atoms with Crippen molar-refractivity contribution < 1.29 is 14.3 Å². The average Bonchev–Trinajstić information content (AvgIpc) is 3.05. The van der Waals surface area contributed by atoms with E-state index in [1.165, 1.54) is 6.92 Å². The number of nitrogens with one attached hydrogen (secondary N) is 1. The summed E-state index contributed by atoms with van der Waals surface area (Å²) in [4.78, 5) is 22.9. The van der Waals surface area contributed by atoms with Gasteiger partial charge in [-0.2, -0.15) is 5.10 Å². The number of amides is 1. The number of carbonyl (C=O) groups is 2. The summed E-state index contributed by atoms with van der Waals surface area (Å²) >= 11 is 0. The van der Waals surface area contributed by atoms with Crippen LogP contribution in [-0.4, -0.2) is 28.3 Å². The Morgan fingerprint density at radius 1 is 1.04 bits per heavy atom. The number of carbonyl (C=O) groups excluding carboxylic acids is 2. The van der Waals surface area contributed by atoms with Gasteiger partial charge in [0.15, 0.2) is 6.61 Å². The predicted molar refractivity (Wildman–Crippen MR) is 94.3 cm³/mol. The van der Waals surface area contributed by atoms with Gasteiger partial charge in [-0.1, -0.05) is 48.5 Å². The lowest BCUT2D eigenvalue weighted by Crippen LogP contribution is -2.21. The molecule has 1 N–H and O–H groups in total. The average molecular weight is 335 g/mol. The molecule has 0 radical (unpaired) electrons. The number of rotatable bonds is 5. The number of hydrogen-bond acceptors (Lipinski definition) is 4. The Kier molecular flexibility index (Phi) is 4.89. The van der Waals surface area contributed by atoms with E-state index < -0.39 is 11.9 Å². The standard InChI is InChI=1S/C19H17N3O3/c1-14(23)25-13-19(24)20-18-12-17(15-8-4-2-5-9-15)21-22(18)16-10-6-3-7-11-16/h2-12H,13H2,1H3,(H,20,24). The molecule has 1 amide bonds. The van der Waals surface area contributed by atoms with E-state index in [1.54, 1.807) is 10.7 Å². The van der Waals surface area contributed by atoms with E-state index in [-0.39, 0.29) is 6.61 Å². The quantitative estimate of drug-likeness (QED) is 0.727. The molecule has 0 saturated heterocycles. The van der Waals surface area contributed by atoms with Crippen molar-refractivity contribution >= 4 is 17.7 Å². The fraction of sp³-hybridized carbons (Fsp3) is 0.105. The minimum atomic E-state index is -0.503. The van der Waals surface area contributed by atoms with Gasteiger partial charge < -0.3 is 10.1 Å². The normalized spacial score (nSPS) is 10.3. The first-order chi connectivity index (χ1) is 12.1. The second-order valence-corrected chi connectivity index (χ2v) is 5.36. The number of anilines is 1. The number of hydrogen-bond donors (Lipinski definition) is 1. The summed E-state index contributed by atoms with van der Waals surface area (Å²) in [7, 11) is 0. The van der Waals surface area contributed by atoms with Crippen molar-refractivity contribution in [2.24, 2.45) is 0 Å². The van der Waals surface area contributed by atoms with Crippen molar-refractivity contribution in [3.05, 3.63) is 66.7 Å². The molecular formula is C19H17N3O3. The highest BCUT2D eigenvalue weighted by atomic mass is 16.5. The summed E-state index contributed by atoms with van der Waals surface area (Å²) in [5.41, 5.74) is 2.48. The molecule has 0 atom stereocenters. The largest absolute Gasteiger partial charge is 0.456 e. The molecule has 1 aromatic heterocycles. The predicted octanol–water partition coefficient (Wildman–Crippen LogP) is 3.04. The van der Waals surface area contributed by atoms with Gasteiger partial charge in [0.2, 0.25) is 0 Å². The van der Waals surface area contributed by atoms with E-state index in [0.717, 1.165) is 16.9 Å². The zero-order chi connectivity index (χ0) is 17.6. The molecule has 0 bridgehead atoms. The molecule has 3 aromatic rings. The van der Waals surface area contributed by atoms with E-state index >= 15 is 0 Å². The molecule has 126 valence electrons. The van der Waals surface area contributed by atoms with Crippen molar-refractivity contribution in [3.8, 4) is 16.9 Å².